The summed E-state index contributed by atoms with van der Waals surface area (Å²) in [5.41, 5.74) is 0.0997. The molecule has 11 nitrogen and oxygen atoms in total. The zero-order chi connectivity index (χ0) is 26.6. The zero-order valence-corrected chi connectivity index (χ0v) is 22.7. The highest BCUT2D eigenvalue weighted by Gasteiger charge is 2.28. The molecule has 2 aromatic carbocycles. The average Bonchev–Trinajstić information content (AvgIpc) is 2.90. The molecule has 2 fully saturated rings. The topological polar surface area (TPSA) is 132 Å². The van der Waals surface area contributed by atoms with Gasteiger partial charge in [-0.05, 0) is 36.4 Å². The molecule has 0 radical (unpaired) electrons. The number of hydrogen-bond donors (Lipinski definition) is 1. The van der Waals surface area contributed by atoms with Gasteiger partial charge in [-0.1, -0.05) is 23.2 Å². The quantitative estimate of drug-likeness (QED) is 0.492. The predicted octanol–water partition coefficient (Wildman–Crippen LogP) is 2.05. The maximum Gasteiger partial charge on any atom is 0.262 e. The molecule has 202 valence electrons. The Labute approximate surface area is 225 Å². The van der Waals surface area contributed by atoms with Crippen molar-refractivity contribution in [3.05, 3.63) is 46.4 Å². The van der Waals surface area contributed by atoms with Crippen LogP contribution in [0.25, 0.3) is 0 Å². The molecular weight excluding hydrogens is 569 g/mol. The fraction of sp³-hybridized carbons (Fsp3) is 0.409. The van der Waals surface area contributed by atoms with Crippen molar-refractivity contribution in [1.29, 1.82) is 0 Å². The molecule has 0 saturated carbocycles. The van der Waals surface area contributed by atoms with Gasteiger partial charge in [-0.15, -0.1) is 0 Å². The first-order valence-corrected chi connectivity index (χ1v) is 14.9. The van der Waals surface area contributed by atoms with Gasteiger partial charge in [0.25, 0.3) is 5.91 Å². The number of rotatable bonds is 8. The van der Waals surface area contributed by atoms with E-state index in [-0.39, 0.29) is 57.5 Å². The molecule has 0 spiro atoms. The number of carbonyl (C=O) groups is 1. The first-order valence-electron chi connectivity index (χ1n) is 11.3. The van der Waals surface area contributed by atoms with Crippen molar-refractivity contribution in [3.63, 3.8) is 0 Å². The number of anilines is 1. The van der Waals surface area contributed by atoms with E-state index < -0.39 is 32.6 Å². The minimum atomic E-state index is -3.79. The van der Waals surface area contributed by atoms with Crippen LogP contribution in [0.5, 0.6) is 5.75 Å². The van der Waals surface area contributed by atoms with Crippen molar-refractivity contribution in [1.82, 2.24) is 8.61 Å². The maximum atomic E-state index is 12.9. The summed E-state index contributed by atoms with van der Waals surface area (Å²) >= 11 is 12.4. The van der Waals surface area contributed by atoms with E-state index in [1.165, 1.54) is 45.0 Å². The third-order valence-electron chi connectivity index (χ3n) is 5.69. The van der Waals surface area contributed by atoms with Crippen molar-refractivity contribution in [2.75, 3.05) is 64.5 Å². The highest BCUT2D eigenvalue weighted by atomic mass is 35.5. The highest BCUT2D eigenvalue weighted by molar-refractivity contribution is 7.89. The first kappa shape index (κ1) is 28.0. The van der Waals surface area contributed by atoms with Crippen LogP contribution in [0.3, 0.4) is 0 Å². The van der Waals surface area contributed by atoms with Crippen LogP contribution >= 0.6 is 23.2 Å². The predicted molar refractivity (Wildman–Crippen MR) is 136 cm³/mol. The van der Waals surface area contributed by atoms with Gasteiger partial charge in [0, 0.05) is 26.2 Å². The van der Waals surface area contributed by atoms with E-state index >= 15 is 0 Å². The summed E-state index contributed by atoms with van der Waals surface area (Å²) in [5.74, 6) is -0.517. The summed E-state index contributed by atoms with van der Waals surface area (Å²) in [6.45, 7) is 1.71. The van der Waals surface area contributed by atoms with Gasteiger partial charge in [0.15, 0.2) is 6.61 Å². The lowest BCUT2D eigenvalue weighted by Gasteiger charge is -2.26. The zero-order valence-electron chi connectivity index (χ0n) is 19.6. The lowest BCUT2D eigenvalue weighted by atomic mass is 10.3. The molecule has 2 saturated heterocycles. The number of benzene rings is 2. The SMILES string of the molecule is O=C(COc1ccc(S(=O)(=O)N2CCOCC2)cc1Cl)Nc1cc(S(=O)(=O)N2CCOCC2)ccc1Cl. The molecule has 0 aromatic heterocycles. The maximum absolute atomic E-state index is 12.9. The summed E-state index contributed by atoms with van der Waals surface area (Å²) in [5, 5.41) is 2.69. The molecule has 2 heterocycles. The van der Waals surface area contributed by atoms with Gasteiger partial charge < -0.3 is 19.5 Å². The lowest BCUT2D eigenvalue weighted by Crippen LogP contribution is -2.40. The van der Waals surface area contributed by atoms with Crippen molar-refractivity contribution in [2.45, 2.75) is 9.79 Å². The minimum absolute atomic E-state index is 0.00118. The molecule has 0 aliphatic carbocycles. The largest absolute Gasteiger partial charge is 0.482 e. The molecule has 4 rings (SSSR count). The van der Waals surface area contributed by atoms with E-state index in [2.05, 4.69) is 5.32 Å². The fourth-order valence-corrected chi connectivity index (χ4v) is 7.06. The van der Waals surface area contributed by atoms with Gasteiger partial charge >= 0.3 is 0 Å². The van der Waals surface area contributed by atoms with E-state index in [0.29, 0.717) is 26.4 Å². The van der Waals surface area contributed by atoms with Gasteiger partial charge in [-0.2, -0.15) is 8.61 Å². The Morgan fingerprint density at radius 2 is 1.32 bits per heavy atom. The number of nitrogens with one attached hydrogen (secondary N) is 1. The molecule has 2 aliphatic rings. The second kappa shape index (κ2) is 11.8. The third kappa shape index (κ3) is 6.55. The number of nitrogens with zero attached hydrogens (tertiary/aromatic N) is 2. The van der Waals surface area contributed by atoms with Crippen LogP contribution in [0.15, 0.2) is 46.2 Å². The van der Waals surface area contributed by atoms with Crippen LogP contribution < -0.4 is 10.1 Å². The second-order valence-corrected chi connectivity index (χ2v) is 12.8. The number of amides is 1. The molecule has 37 heavy (non-hydrogen) atoms. The monoisotopic (exact) mass is 593 g/mol. The van der Waals surface area contributed by atoms with Crippen molar-refractivity contribution >= 4 is 54.8 Å². The van der Waals surface area contributed by atoms with E-state index in [4.69, 9.17) is 37.4 Å². The van der Waals surface area contributed by atoms with Crippen LogP contribution in [0.1, 0.15) is 0 Å². The van der Waals surface area contributed by atoms with Gasteiger partial charge in [-0.25, -0.2) is 16.8 Å². The fourth-order valence-electron chi connectivity index (χ4n) is 3.72. The first-order chi connectivity index (χ1) is 17.6. The van der Waals surface area contributed by atoms with Gasteiger partial charge in [-0.3, -0.25) is 4.79 Å². The van der Waals surface area contributed by atoms with Crippen LogP contribution in [0.4, 0.5) is 5.69 Å². The molecular formula is C22H25Cl2N3O8S2. The number of hydrogen-bond acceptors (Lipinski definition) is 8. The summed E-state index contributed by atoms with van der Waals surface area (Å²) in [6.07, 6.45) is 0. The standard InChI is InChI=1S/C22H25Cl2N3O8S2/c23-18-3-1-17(37(31,32)27-7-11-34-12-8-27)14-20(18)25-22(28)15-35-21-4-2-16(13-19(21)24)36(29,30)26-5-9-33-10-6-26/h1-4,13-14H,5-12,15H2,(H,25,28). The summed E-state index contributed by atoms with van der Waals surface area (Å²) in [7, 11) is -7.53. The van der Waals surface area contributed by atoms with Crippen LogP contribution in [-0.4, -0.2) is 90.6 Å². The number of ether oxygens (including phenoxy) is 3. The van der Waals surface area contributed by atoms with Crippen LogP contribution in [-0.2, 0) is 34.3 Å². The number of sulfonamides is 2. The smallest absolute Gasteiger partial charge is 0.262 e. The average molecular weight is 594 g/mol. The molecule has 1 N–H and O–H groups in total. The van der Waals surface area contributed by atoms with Crippen molar-refractivity contribution in [2.24, 2.45) is 0 Å². The van der Waals surface area contributed by atoms with Crippen molar-refractivity contribution in [3.8, 4) is 5.75 Å². The van der Waals surface area contributed by atoms with Gasteiger partial charge in [0.1, 0.15) is 5.75 Å². The Bertz CT molecular complexity index is 1360. The molecule has 15 heteroatoms. The van der Waals surface area contributed by atoms with Crippen molar-refractivity contribution < 1.29 is 35.8 Å². The molecule has 1 amide bonds. The Kier molecular flexibility index (Phi) is 8.96. The lowest BCUT2D eigenvalue weighted by molar-refractivity contribution is -0.118. The van der Waals surface area contributed by atoms with Crippen LogP contribution in [0.2, 0.25) is 10.0 Å². The second-order valence-electron chi connectivity index (χ2n) is 8.10. The number of morpholine rings is 2. The molecule has 2 aliphatic heterocycles. The van der Waals surface area contributed by atoms with E-state index in [0.717, 1.165) is 0 Å². The summed E-state index contributed by atoms with van der Waals surface area (Å²) < 4.78 is 69.9. The number of halogens is 2. The summed E-state index contributed by atoms with van der Waals surface area (Å²) in [4.78, 5) is 12.5. The number of carbonyl (C=O) groups excluding carboxylic acids is 1. The Hall–Kier alpha value is -1.97. The van der Waals surface area contributed by atoms with Gasteiger partial charge in [0.05, 0.1) is 52.0 Å². The Balaban J connectivity index is 1.40. The normalized spacial score (nSPS) is 17.9. The summed E-state index contributed by atoms with van der Waals surface area (Å²) in [6, 6.07) is 8.01. The third-order valence-corrected chi connectivity index (χ3v) is 10.1. The Morgan fingerprint density at radius 1 is 0.811 bits per heavy atom. The van der Waals surface area contributed by atoms with E-state index in [9.17, 15) is 21.6 Å². The molecule has 0 bridgehead atoms. The van der Waals surface area contributed by atoms with E-state index in [1.54, 1.807) is 0 Å². The molecule has 0 unspecified atom stereocenters. The van der Waals surface area contributed by atoms with E-state index in [1.807, 2.05) is 0 Å². The van der Waals surface area contributed by atoms with Gasteiger partial charge in [0.2, 0.25) is 20.0 Å². The highest BCUT2D eigenvalue weighted by Crippen LogP contribution is 2.30. The molecule has 2 aromatic rings. The molecule has 0 atom stereocenters. The Morgan fingerprint density at radius 3 is 1.86 bits per heavy atom. The minimum Gasteiger partial charge on any atom is -0.482 e. The van der Waals surface area contributed by atoms with Crippen LogP contribution in [0, 0.1) is 0 Å².